The van der Waals surface area contributed by atoms with Gasteiger partial charge in [0.25, 0.3) is 0 Å². The quantitative estimate of drug-likeness (QED) is 0.922. The van der Waals surface area contributed by atoms with E-state index in [9.17, 15) is 13.6 Å². The Morgan fingerprint density at radius 1 is 1.11 bits per heavy atom. The van der Waals surface area contributed by atoms with Crippen molar-refractivity contribution in [3.8, 4) is 5.75 Å². The second kappa shape index (κ2) is 5.48. The minimum absolute atomic E-state index is 0.117. The van der Waals surface area contributed by atoms with Crippen LogP contribution in [0.5, 0.6) is 5.75 Å². The third-order valence-corrected chi connectivity index (χ3v) is 2.52. The van der Waals surface area contributed by atoms with Crippen molar-refractivity contribution in [2.45, 2.75) is 6.61 Å². The van der Waals surface area contributed by atoms with Crippen LogP contribution in [0, 0.1) is 11.6 Å². The topological polar surface area (TPSA) is 46.5 Å². The number of aromatic carboxylic acids is 1. The van der Waals surface area contributed by atoms with Crippen LogP contribution in [0.25, 0.3) is 0 Å². The largest absolute Gasteiger partial charge is 0.486 e. The van der Waals surface area contributed by atoms with Gasteiger partial charge in [-0.2, -0.15) is 0 Å². The Labute approximate surface area is 108 Å². The van der Waals surface area contributed by atoms with Crippen LogP contribution >= 0.6 is 0 Å². The Hall–Kier alpha value is -2.43. The summed E-state index contributed by atoms with van der Waals surface area (Å²) in [6.07, 6.45) is 0. The molecule has 0 aliphatic heterocycles. The van der Waals surface area contributed by atoms with E-state index in [1.807, 2.05) is 0 Å². The molecule has 0 heterocycles. The Bertz CT molecular complexity index is 611. The zero-order valence-corrected chi connectivity index (χ0v) is 9.77. The lowest BCUT2D eigenvalue weighted by molar-refractivity contribution is 0.0696. The Balaban J connectivity index is 2.12. The summed E-state index contributed by atoms with van der Waals surface area (Å²) < 4.78 is 32.0. The maximum absolute atomic E-state index is 13.5. The summed E-state index contributed by atoms with van der Waals surface area (Å²) in [5.74, 6) is -2.57. The van der Waals surface area contributed by atoms with Crippen LogP contribution < -0.4 is 4.74 Å². The van der Waals surface area contributed by atoms with Crippen molar-refractivity contribution in [3.63, 3.8) is 0 Å². The fraction of sp³-hybridized carbons (Fsp3) is 0.0714. The molecule has 2 rings (SSSR count). The molecule has 0 aliphatic carbocycles. The van der Waals surface area contributed by atoms with Crippen molar-refractivity contribution in [1.29, 1.82) is 0 Å². The van der Waals surface area contributed by atoms with E-state index in [1.54, 1.807) is 12.1 Å². The fourth-order valence-corrected chi connectivity index (χ4v) is 1.52. The molecule has 0 saturated heterocycles. The van der Waals surface area contributed by atoms with Gasteiger partial charge in [-0.1, -0.05) is 18.2 Å². The van der Waals surface area contributed by atoms with Gasteiger partial charge >= 0.3 is 5.97 Å². The SMILES string of the molecule is O=C(O)c1ccc(OCc2ccccc2F)c(F)c1. The van der Waals surface area contributed by atoms with E-state index in [1.165, 1.54) is 24.3 Å². The lowest BCUT2D eigenvalue weighted by Crippen LogP contribution is -2.02. The molecule has 0 aliphatic rings. The van der Waals surface area contributed by atoms with Gasteiger partial charge in [0.15, 0.2) is 11.6 Å². The minimum atomic E-state index is -1.22. The zero-order valence-electron chi connectivity index (χ0n) is 9.77. The van der Waals surface area contributed by atoms with Gasteiger partial charge in [-0.25, -0.2) is 13.6 Å². The fourth-order valence-electron chi connectivity index (χ4n) is 1.52. The minimum Gasteiger partial charge on any atom is -0.486 e. The third-order valence-electron chi connectivity index (χ3n) is 2.52. The van der Waals surface area contributed by atoms with E-state index in [-0.39, 0.29) is 17.9 Å². The molecule has 0 aromatic heterocycles. The summed E-state index contributed by atoms with van der Waals surface area (Å²) in [6.45, 7) is -0.129. The number of halogens is 2. The number of carboxylic acids is 1. The van der Waals surface area contributed by atoms with Gasteiger partial charge in [-0.3, -0.25) is 0 Å². The van der Waals surface area contributed by atoms with E-state index < -0.39 is 17.6 Å². The molecule has 1 N–H and O–H groups in total. The number of hydrogen-bond donors (Lipinski definition) is 1. The first-order chi connectivity index (χ1) is 9.08. The number of ether oxygens (including phenoxy) is 1. The van der Waals surface area contributed by atoms with Crippen molar-refractivity contribution in [3.05, 3.63) is 65.2 Å². The van der Waals surface area contributed by atoms with Crippen LogP contribution in [-0.2, 0) is 6.61 Å². The van der Waals surface area contributed by atoms with Crippen LogP contribution in [0.1, 0.15) is 15.9 Å². The molecule has 3 nitrogen and oxygen atoms in total. The van der Waals surface area contributed by atoms with Gasteiger partial charge < -0.3 is 9.84 Å². The van der Waals surface area contributed by atoms with E-state index in [0.29, 0.717) is 5.56 Å². The Morgan fingerprint density at radius 3 is 2.47 bits per heavy atom. The maximum Gasteiger partial charge on any atom is 0.335 e. The highest BCUT2D eigenvalue weighted by molar-refractivity contribution is 5.87. The predicted molar refractivity (Wildman–Crippen MR) is 64.1 cm³/mol. The number of carboxylic acid groups (broad SMARTS) is 1. The standard InChI is InChI=1S/C14H10F2O3/c15-11-4-2-1-3-10(11)8-19-13-6-5-9(14(17)18)7-12(13)16/h1-7H,8H2,(H,17,18). The van der Waals surface area contributed by atoms with E-state index in [2.05, 4.69) is 0 Å². The van der Waals surface area contributed by atoms with Gasteiger partial charge in [0.2, 0.25) is 0 Å². The molecular formula is C14H10F2O3. The molecule has 0 unspecified atom stereocenters. The highest BCUT2D eigenvalue weighted by atomic mass is 19.1. The molecule has 2 aromatic rings. The van der Waals surface area contributed by atoms with Crippen LogP contribution in [0.4, 0.5) is 8.78 Å². The van der Waals surface area contributed by atoms with E-state index >= 15 is 0 Å². The number of carbonyl (C=O) groups is 1. The molecule has 2 aromatic carbocycles. The molecule has 0 saturated carbocycles. The zero-order chi connectivity index (χ0) is 13.8. The van der Waals surface area contributed by atoms with Gasteiger partial charge in [0.05, 0.1) is 5.56 Å². The molecule has 5 heteroatoms. The molecule has 0 spiro atoms. The molecule has 0 fully saturated rings. The maximum atomic E-state index is 13.5. The first kappa shape index (κ1) is 13.0. The molecule has 98 valence electrons. The van der Waals surface area contributed by atoms with E-state index in [4.69, 9.17) is 9.84 Å². The van der Waals surface area contributed by atoms with Gasteiger partial charge in [0, 0.05) is 5.56 Å². The lowest BCUT2D eigenvalue weighted by atomic mass is 10.2. The molecule has 0 bridgehead atoms. The normalized spacial score (nSPS) is 10.2. The summed E-state index contributed by atoms with van der Waals surface area (Å²) in [6, 6.07) is 9.29. The molecule has 0 radical (unpaired) electrons. The summed E-state index contributed by atoms with van der Waals surface area (Å²) in [5, 5.41) is 8.69. The first-order valence-electron chi connectivity index (χ1n) is 5.47. The summed E-state index contributed by atoms with van der Waals surface area (Å²) in [4.78, 5) is 10.6. The van der Waals surface area contributed by atoms with Gasteiger partial charge in [-0.05, 0) is 24.3 Å². The van der Waals surface area contributed by atoms with Crippen molar-refractivity contribution in [1.82, 2.24) is 0 Å². The average Bonchev–Trinajstić information content (AvgIpc) is 2.39. The average molecular weight is 264 g/mol. The van der Waals surface area contributed by atoms with Crippen molar-refractivity contribution >= 4 is 5.97 Å². The van der Waals surface area contributed by atoms with Crippen LogP contribution in [0.2, 0.25) is 0 Å². The molecular weight excluding hydrogens is 254 g/mol. The number of benzene rings is 2. The highest BCUT2D eigenvalue weighted by Gasteiger charge is 2.10. The third kappa shape index (κ3) is 3.07. The van der Waals surface area contributed by atoms with Gasteiger partial charge in [-0.15, -0.1) is 0 Å². The smallest absolute Gasteiger partial charge is 0.335 e. The molecule has 0 atom stereocenters. The van der Waals surface area contributed by atoms with Gasteiger partial charge in [0.1, 0.15) is 12.4 Å². The number of hydrogen-bond acceptors (Lipinski definition) is 2. The van der Waals surface area contributed by atoms with Crippen molar-refractivity contribution in [2.75, 3.05) is 0 Å². The van der Waals surface area contributed by atoms with Crippen LogP contribution in [0.3, 0.4) is 0 Å². The second-order valence-corrected chi connectivity index (χ2v) is 3.83. The summed E-state index contributed by atoms with van der Waals surface area (Å²) >= 11 is 0. The predicted octanol–water partition coefficient (Wildman–Crippen LogP) is 3.24. The lowest BCUT2D eigenvalue weighted by Gasteiger charge is -2.08. The molecule has 0 amide bonds. The Morgan fingerprint density at radius 2 is 1.84 bits per heavy atom. The summed E-state index contributed by atoms with van der Waals surface area (Å²) in [7, 11) is 0. The monoisotopic (exact) mass is 264 g/mol. The first-order valence-corrected chi connectivity index (χ1v) is 5.47. The highest BCUT2D eigenvalue weighted by Crippen LogP contribution is 2.20. The second-order valence-electron chi connectivity index (χ2n) is 3.83. The van der Waals surface area contributed by atoms with Crippen molar-refractivity contribution < 1.29 is 23.4 Å². The molecule has 19 heavy (non-hydrogen) atoms. The van der Waals surface area contributed by atoms with Crippen LogP contribution in [-0.4, -0.2) is 11.1 Å². The van der Waals surface area contributed by atoms with Crippen LogP contribution in [0.15, 0.2) is 42.5 Å². The summed E-state index contributed by atoms with van der Waals surface area (Å²) in [5.41, 5.74) is 0.125. The number of rotatable bonds is 4. The van der Waals surface area contributed by atoms with Crippen molar-refractivity contribution in [2.24, 2.45) is 0 Å². The van der Waals surface area contributed by atoms with E-state index in [0.717, 1.165) is 6.07 Å². The Kier molecular flexibility index (Phi) is 3.75.